The van der Waals surface area contributed by atoms with Crippen LogP contribution in [0.3, 0.4) is 0 Å². The first-order chi connectivity index (χ1) is 9.56. The number of carboxylic acid groups (broad SMARTS) is 1. The molecule has 1 aliphatic carbocycles. The maximum absolute atomic E-state index is 11.1. The number of hydrogen-bond donors (Lipinski definition) is 2. The van der Waals surface area contributed by atoms with E-state index in [0.29, 0.717) is 33.0 Å². The Kier molecular flexibility index (Phi) is 3.58. The van der Waals surface area contributed by atoms with Crippen molar-refractivity contribution >= 4 is 51.3 Å². The standard InChI is InChI=1S/C13H10Cl2N2O2S/c14-7-2-1-3-8(15)11(7)17-13-16-10-6(12(18)19)4-5-9(10)20-13/h1-3,6H,4-5H2,(H,16,17)(H,18,19). The Morgan fingerprint density at radius 1 is 1.40 bits per heavy atom. The molecule has 7 heteroatoms. The molecule has 1 aromatic heterocycles. The highest BCUT2D eigenvalue weighted by molar-refractivity contribution is 7.15. The van der Waals surface area contributed by atoms with Gasteiger partial charge in [-0.05, 0) is 25.0 Å². The smallest absolute Gasteiger partial charge is 0.312 e. The second kappa shape index (κ2) is 5.24. The van der Waals surface area contributed by atoms with Crippen molar-refractivity contribution < 1.29 is 9.90 Å². The van der Waals surface area contributed by atoms with Crippen molar-refractivity contribution in [3.8, 4) is 0 Å². The fraction of sp³-hybridized carbons (Fsp3) is 0.231. The maximum Gasteiger partial charge on any atom is 0.312 e. The third-order valence-electron chi connectivity index (χ3n) is 3.21. The number of hydrogen-bond acceptors (Lipinski definition) is 4. The molecule has 0 amide bonds. The van der Waals surface area contributed by atoms with Crippen LogP contribution in [0.25, 0.3) is 0 Å². The number of carboxylic acids is 1. The zero-order valence-electron chi connectivity index (χ0n) is 10.2. The van der Waals surface area contributed by atoms with E-state index in [2.05, 4.69) is 10.3 Å². The normalized spacial score (nSPS) is 17.0. The molecule has 4 nitrogen and oxygen atoms in total. The number of anilines is 2. The van der Waals surface area contributed by atoms with Gasteiger partial charge in [0.15, 0.2) is 5.13 Å². The summed E-state index contributed by atoms with van der Waals surface area (Å²) in [5.74, 6) is -1.32. The van der Waals surface area contributed by atoms with Crippen LogP contribution in [-0.2, 0) is 11.2 Å². The van der Waals surface area contributed by atoms with E-state index in [9.17, 15) is 4.79 Å². The summed E-state index contributed by atoms with van der Waals surface area (Å²) in [6.45, 7) is 0. The van der Waals surface area contributed by atoms with Crippen LogP contribution in [0.5, 0.6) is 0 Å². The van der Waals surface area contributed by atoms with Crippen molar-refractivity contribution in [3.05, 3.63) is 38.8 Å². The molecule has 1 atom stereocenters. The van der Waals surface area contributed by atoms with Gasteiger partial charge in [-0.1, -0.05) is 29.3 Å². The van der Waals surface area contributed by atoms with Crippen molar-refractivity contribution in [2.45, 2.75) is 18.8 Å². The van der Waals surface area contributed by atoms with Crippen LogP contribution in [0.2, 0.25) is 10.0 Å². The zero-order chi connectivity index (χ0) is 14.3. The molecule has 0 spiro atoms. The van der Waals surface area contributed by atoms with E-state index in [1.54, 1.807) is 18.2 Å². The topological polar surface area (TPSA) is 62.2 Å². The molecule has 0 bridgehead atoms. The summed E-state index contributed by atoms with van der Waals surface area (Å²) in [6.07, 6.45) is 1.37. The SMILES string of the molecule is O=C(O)C1CCc2sc(Nc3c(Cl)cccc3Cl)nc21. The average Bonchev–Trinajstić information content (AvgIpc) is 2.92. The molecule has 3 rings (SSSR count). The highest BCUT2D eigenvalue weighted by atomic mass is 35.5. The van der Waals surface area contributed by atoms with Crippen LogP contribution in [0.15, 0.2) is 18.2 Å². The predicted octanol–water partition coefficient (Wildman–Crippen LogP) is 4.31. The molecule has 0 aliphatic heterocycles. The number of thiazole rings is 1. The number of aryl methyl sites for hydroxylation is 1. The molecule has 1 unspecified atom stereocenters. The van der Waals surface area contributed by atoms with Gasteiger partial charge in [-0.15, -0.1) is 11.3 Å². The van der Waals surface area contributed by atoms with Crippen molar-refractivity contribution in [1.29, 1.82) is 0 Å². The molecule has 0 saturated heterocycles. The van der Waals surface area contributed by atoms with Gasteiger partial charge >= 0.3 is 5.97 Å². The van der Waals surface area contributed by atoms with Crippen LogP contribution in [-0.4, -0.2) is 16.1 Å². The van der Waals surface area contributed by atoms with Crippen LogP contribution in [0.1, 0.15) is 22.9 Å². The Morgan fingerprint density at radius 2 is 2.10 bits per heavy atom. The third kappa shape index (κ3) is 2.37. The second-order valence-corrected chi connectivity index (χ2v) is 6.38. The van der Waals surface area contributed by atoms with Crippen LogP contribution in [0, 0.1) is 0 Å². The van der Waals surface area contributed by atoms with Crippen molar-refractivity contribution in [3.63, 3.8) is 0 Å². The Hall–Kier alpha value is -1.30. The predicted molar refractivity (Wildman–Crippen MR) is 80.6 cm³/mol. The average molecular weight is 329 g/mol. The van der Waals surface area contributed by atoms with Gasteiger partial charge in [-0.25, -0.2) is 4.98 Å². The van der Waals surface area contributed by atoms with Crippen LogP contribution in [0.4, 0.5) is 10.8 Å². The molecule has 0 saturated carbocycles. The Balaban J connectivity index is 1.91. The van der Waals surface area contributed by atoms with E-state index in [0.717, 1.165) is 11.3 Å². The minimum absolute atomic E-state index is 0.501. The number of nitrogens with one attached hydrogen (secondary N) is 1. The van der Waals surface area contributed by atoms with Gasteiger partial charge in [0.05, 0.1) is 21.4 Å². The molecule has 0 radical (unpaired) electrons. The fourth-order valence-electron chi connectivity index (χ4n) is 2.25. The summed E-state index contributed by atoms with van der Waals surface area (Å²) in [5, 5.41) is 13.9. The first-order valence-corrected chi connectivity index (χ1v) is 7.57. The summed E-state index contributed by atoms with van der Waals surface area (Å²) >= 11 is 13.6. The minimum atomic E-state index is -0.823. The highest BCUT2D eigenvalue weighted by Gasteiger charge is 2.32. The summed E-state index contributed by atoms with van der Waals surface area (Å²) in [5.41, 5.74) is 1.25. The number of fused-ring (bicyclic) bond motifs is 1. The number of halogens is 2. The Bertz CT molecular complexity index is 667. The molecule has 1 heterocycles. The van der Waals surface area contributed by atoms with E-state index in [4.69, 9.17) is 28.3 Å². The summed E-state index contributed by atoms with van der Waals surface area (Å²) in [7, 11) is 0. The number of carbonyl (C=O) groups is 1. The van der Waals surface area contributed by atoms with Gasteiger partial charge in [0.1, 0.15) is 5.92 Å². The number of para-hydroxylation sites is 1. The molecular weight excluding hydrogens is 319 g/mol. The largest absolute Gasteiger partial charge is 0.481 e. The molecule has 104 valence electrons. The molecule has 2 aromatic rings. The third-order valence-corrected chi connectivity index (χ3v) is 4.89. The Morgan fingerprint density at radius 3 is 2.75 bits per heavy atom. The first-order valence-electron chi connectivity index (χ1n) is 5.99. The quantitative estimate of drug-likeness (QED) is 0.881. The lowest BCUT2D eigenvalue weighted by Crippen LogP contribution is -2.08. The fourth-order valence-corrected chi connectivity index (χ4v) is 3.78. The number of benzene rings is 1. The molecule has 2 N–H and O–H groups in total. The lowest BCUT2D eigenvalue weighted by atomic mass is 10.1. The van der Waals surface area contributed by atoms with Crippen molar-refractivity contribution in [2.24, 2.45) is 0 Å². The van der Waals surface area contributed by atoms with Gasteiger partial charge in [0, 0.05) is 4.88 Å². The summed E-state index contributed by atoms with van der Waals surface area (Å²) in [4.78, 5) is 16.5. The second-order valence-electron chi connectivity index (χ2n) is 4.48. The maximum atomic E-state index is 11.1. The van der Waals surface area contributed by atoms with E-state index >= 15 is 0 Å². The lowest BCUT2D eigenvalue weighted by molar-refractivity contribution is -0.138. The first kappa shape index (κ1) is 13.7. The molecular formula is C13H10Cl2N2O2S. The van der Waals surface area contributed by atoms with Gasteiger partial charge in [-0.3, -0.25) is 4.79 Å². The highest BCUT2D eigenvalue weighted by Crippen LogP contribution is 2.40. The number of rotatable bonds is 3. The van der Waals surface area contributed by atoms with Gasteiger partial charge in [0.25, 0.3) is 0 Å². The molecule has 0 fully saturated rings. The van der Waals surface area contributed by atoms with E-state index in [1.165, 1.54) is 11.3 Å². The van der Waals surface area contributed by atoms with Gasteiger partial charge < -0.3 is 10.4 Å². The van der Waals surface area contributed by atoms with E-state index < -0.39 is 11.9 Å². The number of aliphatic carboxylic acids is 1. The van der Waals surface area contributed by atoms with Crippen molar-refractivity contribution in [1.82, 2.24) is 4.98 Å². The lowest BCUT2D eigenvalue weighted by Gasteiger charge is -2.07. The van der Waals surface area contributed by atoms with Crippen LogP contribution < -0.4 is 5.32 Å². The molecule has 1 aromatic carbocycles. The number of aromatic nitrogens is 1. The molecule has 20 heavy (non-hydrogen) atoms. The van der Waals surface area contributed by atoms with Gasteiger partial charge in [0.2, 0.25) is 0 Å². The number of nitrogens with zero attached hydrogens (tertiary/aromatic N) is 1. The molecule has 1 aliphatic rings. The van der Waals surface area contributed by atoms with Crippen molar-refractivity contribution in [2.75, 3.05) is 5.32 Å². The van der Waals surface area contributed by atoms with Gasteiger partial charge in [-0.2, -0.15) is 0 Å². The van der Waals surface area contributed by atoms with E-state index in [1.807, 2.05) is 0 Å². The summed E-state index contributed by atoms with van der Waals surface area (Å²) in [6, 6.07) is 5.23. The zero-order valence-corrected chi connectivity index (χ0v) is 12.5. The minimum Gasteiger partial charge on any atom is -0.481 e. The van der Waals surface area contributed by atoms with Crippen LogP contribution >= 0.6 is 34.5 Å². The monoisotopic (exact) mass is 328 g/mol. The Labute approximate surface area is 129 Å². The van der Waals surface area contributed by atoms with E-state index in [-0.39, 0.29) is 0 Å². The summed E-state index contributed by atoms with van der Waals surface area (Å²) < 4.78 is 0.